The van der Waals surface area contributed by atoms with E-state index in [1.54, 1.807) is 24.1 Å². The van der Waals surface area contributed by atoms with Gasteiger partial charge in [0.05, 0.1) is 13.1 Å². The first-order chi connectivity index (χ1) is 14.0. The molecule has 2 saturated heterocycles. The molecule has 2 fully saturated rings. The van der Waals surface area contributed by atoms with Crippen LogP contribution in [0.4, 0.5) is 0 Å². The maximum absolute atomic E-state index is 12.6. The van der Waals surface area contributed by atoms with Crippen molar-refractivity contribution in [3.05, 3.63) is 35.9 Å². The summed E-state index contributed by atoms with van der Waals surface area (Å²) in [6.07, 6.45) is 4.63. The summed E-state index contributed by atoms with van der Waals surface area (Å²) in [6.45, 7) is 4.84. The fourth-order valence-corrected chi connectivity index (χ4v) is 3.94. The van der Waals surface area contributed by atoms with Gasteiger partial charge < -0.3 is 14.7 Å². The van der Waals surface area contributed by atoms with Gasteiger partial charge in [0.25, 0.3) is 5.91 Å². The zero-order valence-electron chi connectivity index (χ0n) is 17.4. The highest BCUT2D eigenvalue weighted by atomic mass is 16.2. The number of benzene rings is 1. The highest BCUT2D eigenvalue weighted by Crippen LogP contribution is 2.11. The number of rotatable bonds is 5. The number of nitrogens with zero attached hydrogens (tertiary/aromatic N) is 4. The molecule has 7 nitrogen and oxygen atoms in total. The Hall–Kier alpha value is -2.41. The van der Waals surface area contributed by atoms with Gasteiger partial charge in [-0.2, -0.15) is 0 Å². The first-order valence-electron chi connectivity index (χ1n) is 10.6. The Kier molecular flexibility index (Phi) is 7.63. The van der Waals surface area contributed by atoms with Crippen LogP contribution in [0, 0.1) is 0 Å². The van der Waals surface area contributed by atoms with Gasteiger partial charge in [-0.25, -0.2) is 0 Å². The van der Waals surface area contributed by atoms with E-state index in [9.17, 15) is 14.4 Å². The zero-order chi connectivity index (χ0) is 20.6. The number of likely N-dealkylation sites (tertiary alicyclic amines) is 1. The molecular formula is C22H32N4O3. The van der Waals surface area contributed by atoms with Gasteiger partial charge >= 0.3 is 0 Å². The summed E-state index contributed by atoms with van der Waals surface area (Å²) in [7, 11) is 1.66. The molecule has 29 heavy (non-hydrogen) atoms. The Morgan fingerprint density at radius 1 is 0.793 bits per heavy atom. The lowest BCUT2D eigenvalue weighted by atomic mass is 10.2. The quantitative estimate of drug-likeness (QED) is 0.748. The van der Waals surface area contributed by atoms with Gasteiger partial charge in [-0.15, -0.1) is 0 Å². The number of carbonyl (C=O) groups excluding carboxylic acids is 3. The topological polar surface area (TPSA) is 64.2 Å². The van der Waals surface area contributed by atoms with E-state index < -0.39 is 0 Å². The van der Waals surface area contributed by atoms with Crippen LogP contribution in [0.1, 0.15) is 36.0 Å². The number of amides is 3. The van der Waals surface area contributed by atoms with Crippen molar-refractivity contribution in [1.29, 1.82) is 0 Å². The van der Waals surface area contributed by atoms with Crippen molar-refractivity contribution >= 4 is 17.7 Å². The van der Waals surface area contributed by atoms with Crippen LogP contribution < -0.4 is 0 Å². The van der Waals surface area contributed by atoms with Gasteiger partial charge in [0.1, 0.15) is 0 Å². The van der Waals surface area contributed by atoms with Crippen molar-refractivity contribution in [2.75, 3.05) is 59.4 Å². The molecule has 0 bridgehead atoms. The molecule has 0 aliphatic carbocycles. The third kappa shape index (κ3) is 6.03. The number of piperazine rings is 1. The minimum atomic E-state index is -0.152. The Bertz CT molecular complexity index is 693. The summed E-state index contributed by atoms with van der Waals surface area (Å²) < 4.78 is 0. The third-order valence-electron chi connectivity index (χ3n) is 5.78. The second-order valence-corrected chi connectivity index (χ2v) is 7.98. The number of likely N-dealkylation sites (N-methyl/N-ethyl adjacent to an activating group) is 1. The molecule has 0 N–H and O–H groups in total. The standard InChI is InChI=1S/C22H32N4O3/c1-23(22(29)19-9-5-4-6-10-19)17-20(27)26-15-13-24(14-16-26)18-21(28)25-11-7-2-3-8-12-25/h4-6,9-10H,2-3,7-8,11-18H2,1H3. The fourth-order valence-electron chi connectivity index (χ4n) is 3.94. The van der Waals surface area contributed by atoms with Crippen molar-refractivity contribution < 1.29 is 14.4 Å². The van der Waals surface area contributed by atoms with Crippen LogP contribution >= 0.6 is 0 Å². The van der Waals surface area contributed by atoms with Crippen molar-refractivity contribution in [3.8, 4) is 0 Å². The van der Waals surface area contributed by atoms with Gasteiger partial charge in [-0.05, 0) is 25.0 Å². The normalized spacial score (nSPS) is 18.2. The van der Waals surface area contributed by atoms with Gasteiger partial charge in [0, 0.05) is 51.9 Å². The maximum atomic E-state index is 12.6. The van der Waals surface area contributed by atoms with Crippen LogP contribution in [0.3, 0.4) is 0 Å². The second kappa shape index (κ2) is 10.4. The molecule has 0 aromatic heterocycles. The molecule has 0 saturated carbocycles. The van der Waals surface area contributed by atoms with E-state index in [4.69, 9.17) is 0 Å². The highest BCUT2D eigenvalue weighted by molar-refractivity contribution is 5.96. The molecule has 7 heteroatoms. The number of hydrogen-bond acceptors (Lipinski definition) is 4. The molecule has 3 amide bonds. The fraction of sp³-hybridized carbons (Fsp3) is 0.591. The third-order valence-corrected chi connectivity index (χ3v) is 5.78. The van der Waals surface area contributed by atoms with Crippen LogP contribution in [0.15, 0.2) is 30.3 Å². The SMILES string of the molecule is CN(CC(=O)N1CCN(CC(=O)N2CCCCCC2)CC1)C(=O)c1ccccc1. The molecule has 0 radical (unpaired) electrons. The lowest BCUT2D eigenvalue weighted by Gasteiger charge is -2.36. The summed E-state index contributed by atoms with van der Waals surface area (Å²) in [4.78, 5) is 45.0. The Balaban J connectivity index is 1.42. The number of hydrogen-bond donors (Lipinski definition) is 0. The summed E-state index contributed by atoms with van der Waals surface area (Å²) in [5.74, 6) is 0.00998. The van der Waals surface area contributed by atoms with E-state index in [1.807, 2.05) is 23.1 Å². The first-order valence-corrected chi connectivity index (χ1v) is 10.6. The Labute approximate surface area is 173 Å². The van der Waals surface area contributed by atoms with Gasteiger partial charge in [0.15, 0.2) is 0 Å². The average Bonchev–Trinajstić information content (AvgIpc) is 3.04. The monoisotopic (exact) mass is 400 g/mol. The minimum absolute atomic E-state index is 0.0460. The van der Waals surface area contributed by atoms with E-state index in [0.717, 1.165) is 25.9 Å². The van der Waals surface area contributed by atoms with E-state index >= 15 is 0 Å². The van der Waals surface area contributed by atoms with Crippen molar-refractivity contribution in [1.82, 2.24) is 19.6 Å². The molecule has 2 heterocycles. The lowest BCUT2D eigenvalue weighted by molar-refractivity contribution is -0.135. The predicted molar refractivity (Wildman–Crippen MR) is 111 cm³/mol. The molecule has 1 aromatic carbocycles. The Morgan fingerprint density at radius 3 is 2.00 bits per heavy atom. The van der Waals surface area contributed by atoms with Crippen LogP contribution in [0.5, 0.6) is 0 Å². The first kappa shape index (κ1) is 21.3. The van der Waals surface area contributed by atoms with Crippen LogP contribution in [-0.4, -0.2) is 96.7 Å². The van der Waals surface area contributed by atoms with Crippen LogP contribution in [0.2, 0.25) is 0 Å². The van der Waals surface area contributed by atoms with E-state index in [2.05, 4.69) is 4.90 Å². The van der Waals surface area contributed by atoms with Gasteiger partial charge in [-0.1, -0.05) is 31.0 Å². The van der Waals surface area contributed by atoms with Gasteiger partial charge in [-0.3, -0.25) is 19.3 Å². The van der Waals surface area contributed by atoms with Crippen molar-refractivity contribution in [2.24, 2.45) is 0 Å². The molecule has 0 spiro atoms. The van der Waals surface area contributed by atoms with Crippen LogP contribution in [0.25, 0.3) is 0 Å². The van der Waals surface area contributed by atoms with Crippen LogP contribution in [-0.2, 0) is 9.59 Å². The predicted octanol–water partition coefficient (Wildman–Crippen LogP) is 1.31. The minimum Gasteiger partial charge on any atom is -0.342 e. The molecule has 3 rings (SSSR count). The average molecular weight is 401 g/mol. The summed E-state index contributed by atoms with van der Waals surface area (Å²) in [5.41, 5.74) is 0.583. The maximum Gasteiger partial charge on any atom is 0.254 e. The molecule has 2 aliphatic heterocycles. The van der Waals surface area contributed by atoms with E-state index in [-0.39, 0.29) is 24.3 Å². The molecule has 2 aliphatic rings. The largest absolute Gasteiger partial charge is 0.342 e. The summed E-state index contributed by atoms with van der Waals surface area (Å²) in [5, 5.41) is 0. The second-order valence-electron chi connectivity index (χ2n) is 7.98. The Morgan fingerprint density at radius 2 is 1.38 bits per heavy atom. The summed E-state index contributed by atoms with van der Waals surface area (Å²) >= 11 is 0. The zero-order valence-corrected chi connectivity index (χ0v) is 17.4. The van der Waals surface area contributed by atoms with Gasteiger partial charge in [0.2, 0.25) is 11.8 Å². The van der Waals surface area contributed by atoms with Crippen molar-refractivity contribution in [2.45, 2.75) is 25.7 Å². The van der Waals surface area contributed by atoms with E-state index in [0.29, 0.717) is 38.3 Å². The molecule has 0 unspecified atom stereocenters. The lowest BCUT2D eigenvalue weighted by Crippen LogP contribution is -2.53. The highest BCUT2D eigenvalue weighted by Gasteiger charge is 2.26. The molecule has 1 aromatic rings. The molecule has 158 valence electrons. The summed E-state index contributed by atoms with van der Waals surface area (Å²) in [6, 6.07) is 9.00. The van der Waals surface area contributed by atoms with E-state index in [1.165, 1.54) is 17.7 Å². The smallest absolute Gasteiger partial charge is 0.254 e. The molecular weight excluding hydrogens is 368 g/mol. The number of carbonyl (C=O) groups is 3. The van der Waals surface area contributed by atoms with Crippen molar-refractivity contribution in [3.63, 3.8) is 0 Å². The molecule has 0 atom stereocenters.